The number of amides is 1. The van der Waals surface area contributed by atoms with E-state index in [0.29, 0.717) is 23.2 Å². The Bertz CT molecular complexity index is 1010. The number of likely N-dealkylation sites (tertiary alicyclic amines) is 1. The number of nitrogens with zero attached hydrogens (tertiary/aromatic N) is 3. The Balaban J connectivity index is 1.14. The normalized spacial score (nSPS) is 20.4. The maximum Gasteiger partial charge on any atom is 0.338 e. The van der Waals surface area contributed by atoms with Gasteiger partial charge in [-0.25, -0.2) is 9.78 Å². The second-order valence-electron chi connectivity index (χ2n) is 8.69. The van der Waals surface area contributed by atoms with Gasteiger partial charge in [0.15, 0.2) is 0 Å². The molecule has 1 saturated carbocycles. The fourth-order valence-electron chi connectivity index (χ4n) is 4.45. The van der Waals surface area contributed by atoms with Crippen LogP contribution in [0, 0.1) is 12.8 Å². The number of hydrogen-bond acceptors (Lipinski definition) is 8. The van der Waals surface area contributed by atoms with E-state index in [1.165, 1.54) is 11.5 Å². The molecule has 1 amide bonds. The molecule has 1 saturated heterocycles. The van der Waals surface area contributed by atoms with Crippen molar-refractivity contribution in [3.8, 4) is 0 Å². The van der Waals surface area contributed by atoms with Crippen LogP contribution >= 0.6 is 11.5 Å². The monoisotopic (exact) mass is 442 g/mol. The van der Waals surface area contributed by atoms with Crippen LogP contribution in [-0.2, 0) is 16.1 Å². The van der Waals surface area contributed by atoms with Crippen molar-refractivity contribution in [2.75, 3.05) is 25.0 Å². The van der Waals surface area contributed by atoms with E-state index in [0.717, 1.165) is 61.3 Å². The lowest BCUT2D eigenvalue weighted by Crippen LogP contribution is -2.40. The molecule has 5 rings (SSSR count). The number of anilines is 1. The molecule has 2 aliphatic heterocycles. The van der Waals surface area contributed by atoms with E-state index in [-0.39, 0.29) is 24.4 Å². The third-order valence-electron chi connectivity index (χ3n) is 6.57. The first kappa shape index (κ1) is 20.5. The summed E-state index contributed by atoms with van der Waals surface area (Å²) in [4.78, 5) is 31.0. The molecule has 8 nitrogen and oxygen atoms in total. The number of aliphatic hydroxyl groups excluding tert-OH is 1. The number of cyclic esters (lactones) is 1. The molecule has 0 radical (unpaired) electrons. The van der Waals surface area contributed by atoms with Crippen LogP contribution in [0.15, 0.2) is 12.1 Å². The second-order valence-corrected chi connectivity index (χ2v) is 9.45. The van der Waals surface area contributed by atoms with Crippen LogP contribution in [0.4, 0.5) is 5.13 Å². The van der Waals surface area contributed by atoms with Crippen molar-refractivity contribution in [3.05, 3.63) is 40.2 Å². The number of β-amino-alcohol motifs (C(OH)–C–C–N with tert-alkyl or cyclic N) is 1. The van der Waals surface area contributed by atoms with Crippen LogP contribution < -0.4 is 5.32 Å². The number of aromatic nitrogens is 2. The van der Waals surface area contributed by atoms with Crippen molar-refractivity contribution < 1.29 is 19.4 Å². The van der Waals surface area contributed by atoms with Crippen LogP contribution in [0.1, 0.15) is 70.6 Å². The maximum atomic E-state index is 12.6. The van der Waals surface area contributed by atoms with Gasteiger partial charge in [0, 0.05) is 35.5 Å². The Labute approximate surface area is 184 Å². The Morgan fingerprint density at radius 2 is 2.10 bits per heavy atom. The molecule has 2 N–H and O–H groups in total. The van der Waals surface area contributed by atoms with E-state index in [2.05, 4.69) is 19.6 Å². The summed E-state index contributed by atoms with van der Waals surface area (Å²) in [6.07, 6.45) is 3.14. The summed E-state index contributed by atoms with van der Waals surface area (Å²) >= 11 is 1.26. The summed E-state index contributed by atoms with van der Waals surface area (Å²) in [5.41, 5.74) is 3.23. The zero-order chi connectivity index (χ0) is 21.5. The van der Waals surface area contributed by atoms with Crippen molar-refractivity contribution in [2.24, 2.45) is 5.92 Å². The standard InChI is InChI=1S/C22H26N4O4S/c1-12-15(4-5-16-17(12)11-30-21(16)29)18(27)10-26-8-6-14(7-9-26)20(28)24-22-23-19(25-31-22)13-2-3-13/h4-5,13-14,18,27H,2-3,6-11H2,1H3,(H,23,24,25,28). The van der Waals surface area contributed by atoms with E-state index in [4.69, 9.17) is 4.74 Å². The summed E-state index contributed by atoms with van der Waals surface area (Å²) in [6, 6.07) is 3.57. The van der Waals surface area contributed by atoms with Gasteiger partial charge < -0.3 is 20.1 Å². The molecular weight excluding hydrogens is 416 g/mol. The van der Waals surface area contributed by atoms with E-state index >= 15 is 0 Å². The third-order valence-corrected chi connectivity index (χ3v) is 7.22. The number of benzene rings is 1. The van der Waals surface area contributed by atoms with Gasteiger partial charge in [-0.3, -0.25) is 4.79 Å². The topological polar surface area (TPSA) is 105 Å². The largest absolute Gasteiger partial charge is 0.457 e. The molecule has 0 spiro atoms. The number of hydrogen-bond donors (Lipinski definition) is 2. The van der Waals surface area contributed by atoms with Crippen LogP contribution in [0.25, 0.3) is 0 Å². The molecule has 2 fully saturated rings. The summed E-state index contributed by atoms with van der Waals surface area (Å²) in [7, 11) is 0. The predicted octanol–water partition coefficient (Wildman–Crippen LogP) is 2.78. The highest BCUT2D eigenvalue weighted by atomic mass is 32.1. The van der Waals surface area contributed by atoms with Gasteiger partial charge >= 0.3 is 5.97 Å². The minimum atomic E-state index is -0.645. The summed E-state index contributed by atoms with van der Waals surface area (Å²) in [5.74, 6) is 1.02. The molecule has 9 heteroatoms. The number of nitrogens with one attached hydrogen (secondary N) is 1. The van der Waals surface area contributed by atoms with Crippen LogP contribution in [-0.4, -0.2) is 50.9 Å². The minimum absolute atomic E-state index is 0.0119. The molecule has 1 atom stereocenters. The fraction of sp³-hybridized carbons (Fsp3) is 0.545. The minimum Gasteiger partial charge on any atom is -0.457 e. The highest BCUT2D eigenvalue weighted by molar-refractivity contribution is 7.09. The smallest absolute Gasteiger partial charge is 0.338 e. The number of carbonyl (C=O) groups is 2. The number of carbonyl (C=O) groups excluding carboxylic acids is 2. The zero-order valence-electron chi connectivity index (χ0n) is 17.5. The third kappa shape index (κ3) is 4.22. The Hall–Kier alpha value is -2.36. The molecule has 2 aromatic rings. The molecule has 1 aromatic heterocycles. The molecule has 0 bridgehead atoms. The van der Waals surface area contributed by atoms with Crippen LogP contribution in [0.5, 0.6) is 0 Å². The van der Waals surface area contributed by atoms with Gasteiger partial charge in [0.1, 0.15) is 12.4 Å². The highest BCUT2D eigenvalue weighted by Crippen LogP contribution is 2.39. The number of ether oxygens (including phenoxy) is 1. The lowest BCUT2D eigenvalue weighted by molar-refractivity contribution is -0.121. The van der Waals surface area contributed by atoms with E-state index in [1.54, 1.807) is 6.07 Å². The Kier molecular flexibility index (Phi) is 5.49. The van der Waals surface area contributed by atoms with Gasteiger partial charge in [-0.2, -0.15) is 4.37 Å². The number of rotatable bonds is 6. The number of fused-ring (bicyclic) bond motifs is 1. The van der Waals surface area contributed by atoms with Gasteiger partial charge in [0.2, 0.25) is 11.0 Å². The highest BCUT2D eigenvalue weighted by Gasteiger charge is 2.31. The summed E-state index contributed by atoms with van der Waals surface area (Å²) in [6.45, 7) is 4.22. The summed E-state index contributed by atoms with van der Waals surface area (Å²) < 4.78 is 9.44. The fourth-order valence-corrected chi connectivity index (χ4v) is 5.10. The average Bonchev–Trinajstić information content (AvgIpc) is 3.40. The Morgan fingerprint density at radius 1 is 1.32 bits per heavy atom. The molecule has 3 aliphatic rings. The molecule has 1 unspecified atom stereocenters. The number of piperidine rings is 1. The number of esters is 1. The molecule has 3 heterocycles. The van der Waals surface area contributed by atoms with Crippen molar-refractivity contribution in [1.82, 2.24) is 14.3 Å². The second kappa shape index (κ2) is 8.29. The Morgan fingerprint density at radius 3 is 2.84 bits per heavy atom. The van der Waals surface area contributed by atoms with Gasteiger partial charge in [-0.05, 0) is 62.9 Å². The van der Waals surface area contributed by atoms with E-state index < -0.39 is 6.10 Å². The maximum absolute atomic E-state index is 12.6. The lowest BCUT2D eigenvalue weighted by atomic mass is 9.93. The van der Waals surface area contributed by atoms with E-state index in [1.807, 2.05) is 13.0 Å². The first-order chi connectivity index (χ1) is 15.0. The molecule has 164 valence electrons. The molecule has 1 aliphatic carbocycles. The van der Waals surface area contributed by atoms with Crippen molar-refractivity contribution in [2.45, 2.75) is 51.2 Å². The predicted molar refractivity (Wildman–Crippen MR) is 115 cm³/mol. The van der Waals surface area contributed by atoms with E-state index in [9.17, 15) is 14.7 Å². The molecular formula is C22H26N4O4S. The average molecular weight is 443 g/mol. The molecule has 31 heavy (non-hydrogen) atoms. The van der Waals surface area contributed by atoms with Crippen molar-refractivity contribution in [1.29, 1.82) is 0 Å². The SMILES string of the molecule is Cc1c(C(O)CN2CCC(C(=O)Nc3nc(C4CC4)ns3)CC2)ccc2c1COC2=O. The van der Waals surface area contributed by atoms with Crippen LogP contribution in [0.3, 0.4) is 0 Å². The summed E-state index contributed by atoms with van der Waals surface area (Å²) in [5, 5.41) is 14.3. The molecule has 1 aromatic carbocycles. The first-order valence-corrected chi connectivity index (χ1v) is 11.6. The van der Waals surface area contributed by atoms with Crippen molar-refractivity contribution in [3.63, 3.8) is 0 Å². The van der Waals surface area contributed by atoms with Crippen molar-refractivity contribution >= 4 is 28.5 Å². The van der Waals surface area contributed by atoms with Gasteiger partial charge in [0.05, 0.1) is 11.7 Å². The van der Waals surface area contributed by atoms with Crippen LogP contribution in [0.2, 0.25) is 0 Å². The zero-order valence-corrected chi connectivity index (χ0v) is 18.3. The first-order valence-electron chi connectivity index (χ1n) is 10.8. The van der Waals surface area contributed by atoms with Gasteiger partial charge in [0.25, 0.3) is 0 Å². The number of aliphatic hydroxyl groups is 1. The van der Waals surface area contributed by atoms with Gasteiger partial charge in [-0.15, -0.1) is 0 Å². The lowest BCUT2D eigenvalue weighted by Gasteiger charge is -2.32. The quantitative estimate of drug-likeness (QED) is 0.663. The van der Waals surface area contributed by atoms with Gasteiger partial charge in [-0.1, -0.05) is 6.07 Å².